The van der Waals surface area contributed by atoms with Crippen molar-refractivity contribution in [3.05, 3.63) is 263 Å². The lowest BCUT2D eigenvalue weighted by atomic mass is 9.34. The van der Waals surface area contributed by atoms with Crippen LogP contribution < -0.4 is 26.0 Å². The number of fused-ring (bicyclic) bond motifs is 7. The quantitative estimate of drug-likeness (QED) is 0.154. The van der Waals surface area contributed by atoms with Crippen LogP contribution in [0.15, 0.2) is 231 Å². The fraction of sp³-hybridized carbons (Fsp3) is 0.0769. The molecule has 1 aliphatic carbocycles. The van der Waals surface area contributed by atoms with Gasteiger partial charge in [-0.2, -0.15) is 0 Å². The zero-order chi connectivity index (χ0) is 46.4. The second kappa shape index (κ2) is 15.9. The van der Waals surface area contributed by atoms with Crippen molar-refractivity contribution in [3.63, 3.8) is 0 Å². The lowest BCUT2D eigenvalue weighted by molar-refractivity contribution is 0.486. The van der Waals surface area contributed by atoms with Crippen molar-refractivity contribution in [2.75, 3.05) is 4.90 Å². The molecule has 2 aliphatic heterocycles. The highest BCUT2D eigenvalue weighted by Gasteiger charge is 2.49. The molecule has 2 nitrogen and oxygen atoms in total. The largest absolute Gasteiger partial charge is 0.458 e. The molecule has 10 aromatic rings. The first-order chi connectivity index (χ1) is 33.8. The summed E-state index contributed by atoms with van der Waals surface area (Å²) in [4.78, 5) is 2.59. The molecule has 0 bridgehead atoms. The Kier molecular flexibility index (Phi) is 9.51. The summed E-state index contributed by atoms with van der Waals surface area (Å²) in [5.74, 6) is 1.60. The summed E-state index contributed by atoms with van der Waals surface area (Å²) in [5.41, 5.74) is 21.5. The van der Waals surface area contributed by atoms with Crippen molar-refractivity contribution in [2.45, 2.75) is 31.6 Å². The van der Waals surface area contributed by atoms with Gasteiger partial charge in [0.15, 0.2) is 0 Å². The van der Waals surface area contributed by atoms with E-state index in [1.165, 1.54) is 44.4 Å². The van der Waals surface area contributed by atoms with Crippen LogP contribution in [0.1, 0.15) is 48.6 Å². The number of hydrogen-bond acceptors (Lipinski definition) is 2. The van der Waals surface area contributed by atoms with Gasteiger partial charge in [0, 0.05) is 27.5 Å². The van der Waals surface area contributed by atoms with Crippen LogP contribution in [0, 0.1) is 0 Å². The molecule has 0 unspecified atom stereocenters. The second-order valence-corrected chi connectivity index (χ2v) is 20.1. The molecule has 0 aromatic heterocycles. The summed E-state index contributed by atoms with van der Waals surface area (Å²) in [5, 5.41) is 0.641. The lowest BCUT2D eigenvalue weighted by Gasteiger charge is -2.43. The molecule has 2 heterocycles. The van der Waals surface area contributed by atoms with Gasteiger partial charge in [-0.25, -0.2) is 0 Å². The van der Waals surface area contributed by atoms with E-state index in [-0.39, 0.29) is 12.1 Å². The van der Waals surface area contributed by atoms with E-state index in [1.807, 2.05) is 12.1 Å². The van der Waals surface area contributed by atoms with Gasteiger partial charge < -0.3 is 9.64 Å². The van der Waals surface area contributed by atoms with Crippen LogP contribution in [0.5, 0.6) is 11.5 Å². The molecule has 0 atom stereocenters. The Hall–Kier alpha value is -7.85. The third-order valence-corrected chi connectivity index (χ3v) is 15.0. The molecule has 0 amide bonds. The molecule has 10 aromatic carbocycles. The van der Waals surface area contributed by atoms with Gasteiger partial charge in [-0.05, 0) is 125 Å². The first-order valence-electron chi connectivity index (χ1n) is 24.0. The average molecular weight is 904 g/mol. The summed E-state index contributed by atoms with van der Waals surface area (Å²) in [7, 11) is 0. The fourth-order valence-corrected chi connectivity index (χ4v) is 11.8. The van der Waals surface area contributed by atoms with E-state index in [9.17, 15) is 0 Å². The summed E-state index contributed by atoms with van der Waals surface area (Å²) < 4.78 is 7.36. The van der Waals surface area contributed by atoms with Crippen molar-refractivity contribution in [2.24, 2.45) is 0 Å². The van der Waals surface area contributed by atoms with Crippen LogP contribution in [0.25, 0.3) is 44.5 Å². The molecule has 69 heavy (non-hydrogen) atoms. The van der Waals surface area contributed by atoms with E-state index < -0.39 is 5.41 Å². The monoisotopic (exact) mass is 903 g/mol. The van der Waals surface area contributed by atoms with Gasteiger partial charge >= 0.3 is 0 Å². The lowest BCUT2D eigenvalue weighted by Crippen LogP contribution is -2.59. The van der Waals surface area contributed by atoms with E-state index in [2.05, 4.69) is 244 Å². The molecule has 0 saturated carbocycles. The number of nitrogens with zero attached hydrogens (tertiary/aromatic N) is 1. The molecule has 3 aliphatic rings. The standard InChI is InChI=1S/C65H47BClNO/c1-64(2,3)47-37-52(43-22-10-5-11-23-43)63(53(38-47)44-24-12-6-13-25-44)68-58-35-32-45(42-20-8-4-9-21-42)36-57(58)66-56-34-33-49(67)41-60(56)69-61-40-48(39-59(68)62(61)66)65(46-26-14-7-15-27-46)54-30-18-16-28-50(54)51-29-17-19-31-55(51)65/h4-41H,1-3H3. The van der Waals surface area contributed by atoms with Gasteiger partial charge in [0.25, 0.3) is 6.71 Å². The maximum absolute atomic E-state index is 7.36. The third kappa shape index (κ3) is 6.41. The number of anilines is 3. The maximum Gasteiger partial charge on any atom is 0.256 e. The van der Waals surface area contributed by atoms with Crippen molar-refractivity contribution in [1.29, 1.82) is 0 Å². The zero-order valence-electron chi connectivity index (χ0n) is 38.8. The molecular weight excluding hydrogens is 857 g/mol. The van der Waals surface area contributed by atoms with Crippen LogP contribution in [0.3, 0.4) is 0 Å². The smallest absolute Gasteiger partial charge is 0.256 e. The number of halogens is 1. The summed E-state index contributed by atoms with van der Waals surface area (Å²) in [6, 6.07) is 84.7. The van der Waals surface area contributed by atoms with E-state index in [4.69, 9.17) is 16.3 Å². The van der Waals surface area contributed by atoms with E-state index in [0.717, 1.165) is 72.9 Å². The van der Waals surface area contributed by atoms with Crippen LogP contribution in [0.2, 0.25) is 5.02 Å². The van der Waals surface area contributed by atoms with E-state index >= 15 is 0 Å². The van der Waals surface area contributed by atoms with Crippen LogP contribution in [-0.4, -0.2) is 6.71 Å². The van der Waals surface area contributed by atoms with Crippen molar-refractivity contribution >= 4 is 51.8 Å². The molecule has 0 N–H and O–H groups in total. The van der Waals surface area contributed by atoms with Crippen LogP contribution in [-0.2, 0) is 10.8 Å². The molecular formula is C65H47BClNO. The Bertz CT molecular complexity index is 3530. The van der Waals surface area contributed by atoms with Gasteiger partial charge in [-0.15, -0.1) is 0 Å². The predicted molar refractivity (Wildman–Crippen MR) is 290 cm³/mol. The van der Waals surface area contributed by atoms with Gasteiger partial charge in [-0.1, -0.05) is 220 Å². The third-order valence-electron chi connectivity index (χ3n) is 14.8. The van der Waals surface area contributed by atoms with Crippen LogP contribution >= 0.6 is 11.6 Å². The minimum absolute atomic E-state index is 0.135. The van der Waals surface area contributed by atoms with Crippen molar-refractivity contribution < 1.29 is 4.74 Å². The highest BCUT2D eigenvalue weighted by Crippen LogP contribution is 2.58. The summed E-state index contributed by atoms with van der Waals surface area (Å²) in [6.45, 7) is 6.79. The average Bonchev–Trinajstić information content (AvgIpc) is 3.70. The number of ether oxygens (including phenoxy) is 1. The Morgan fingerprint density at radius 1 is 0.435 bits per heavy atom. The Labute approximate surface area is 410 Å². The Morgan fingerprint density at radius 3 is 1.58 bits per heavy atom. The Balaban J connectivity index is 1.21. The van der Waals surface area contributed by atoms with Gasteiger partial charge in [0.05, 0.1) is 11.1 Å². The second-order valence-electron chi connectivity index (χ2n) is 19.7. The van der Waals surface area contributed by atoms with Crippen molar-refractivity contribution in [1.82, 2.24) is 0 Å². The molecule has 0 fully saturated rings. The zero-order valence-corrected chi connectivity index (χ0v) is 39.5. The van der Waals surface area contributed by atoms with Gasteiger partial charge in [-0.3, -0.25) is 0 Å². The molecule has 13 rings (SSSR count). The fourth-order valence-electron chi connectivity index (χ4n) is 11.7. The van der Waals surface area contributed by atoms with Crippen LogP contribution in [0.4, 0.5) is 17.1 Å². The molecule has 328 valence electrons. The number of hydrogen-bond donors (Lipinski definition) is 0. The maximum atomic E-state index is 7.36. The molecule has 0 spiro atoms. The molecule has 0 radical (unpaired) electrons. The summed E-state index contributed by atoms with van der Waals surface area (Å²) >= 11 is 6.91. The normalized spacial score (nSPS) is 13.7. The summed E-state index contributed by atoms with van der Waals surface area (Å²) in [6.07, 6.45) is 0. The highest BCUT2D eigenvalue weighted by atomic mass is 35.5. The minimum atomic E-state index is -0.683. The Morgan fingerprint density at radius 2 is 0.986 bits per heavy atom. The minimum Gasteiger partial charge on any atom is -0.458 e. The van der Waals surface area contributed by atoms with E-state index in [1.54, 1.807) is 0 Å². The van der Waals surface area contributed by atoms with Gasteiger partial charge in [0.1, 0.15) is 11.5 Å². The van der Waals surface area contributed by atoms with Crippen molar-refractivity contribution in [3.8, 4) is 56.0 Å². The van der Waals surface area contributed by atoms with Gasteiger partial charge in [0.2, 0.25) is 0 Å². The number of benzene rings is 10. The highest BCUT2D eigenvalue weighted by molar-refractivity contribution is 6.99. The topological polar surface area (TPSA) is 12.5 Å². The van der Waals surface area contributed by atoms with E-state index in [0.29, 0.717) is 5.02 Å². The first-order valence-corrected chi connectivity index (χ1v) is 24.3. The molecule has 4 heteroatoms. The molecule has 0 saturated heterocycles. The SMILES string of the molecule is CC(C)(C)c1cc(-c2ccccc2)c(N2c3ccc(-c4ccccc4)cc3B3c4ccc(Cl)cc4Oc4cc(C5(c6ccccc6)c6ccccc6-c6ccccc65)cc2c43)c(-c2ccccc2)c1. The first kappa shape index (κ1) is 41.4. The number of rotatable bonds is 6. The predicted octanol–water partition coefficient (Wildman–Crippen LogP) is 15.4.